The number of hydrogen-bond donors (Lipinski definition) is 1. The van der Waals surface area contributed by atoms with Crippen molar-refractivity contribution in [3.05, 3.63) is 89.1 Å². The number of rotatable bonds is 4. The summed E-state index contributed by atoms with van der Waals surface area (Å²) in [5.74, 6) is 0.348. The molecule has 0 bridgehead atoms. The fraction of sp³-hybridized carbons (Fsp3) is 0.150. The normalized spacial score (nSPS) is 16.2. The number of hydrogen-bond acceptors (Lipinski definition) is 3. The van der Waals surface area contributed by atoms with Crippen molar-refractivity contribution in [1.82, 2.24) is 4.90 Å². The molecule has 25 heavy (non-hydrogen) atoms. The topological polar surface area (TPSA) is 45.5 Å². The summed E-state index contributed by atoms with van der Waals surface area (Å²) in [5.41, 5.74) is 2.74. The first-order valence-corrected chi connectivity index (χ1v) is 8.08. The molecular formula is C20H17FN2O2. The zero-order chi connectivity index (χ0) is 17.4. The third-order valence-corrected chi connectivity index (χ3v) is 4.44. The lowest BCUT2D eigenvalue weighted by Crippen LogP contribution is -2.31. The van der Waals surface area contributed by atoms with Gasteiger partial charge in [0.15, 0.2) is 0 Å². The second-order valence-electron chi connectivity index (χ2n) is 6.11. The number of nitrogens with one attached hydrogen (secondary N) is 1. The largest absolute Gasteiger partial charge is 0.467 e. The van der Waals surface area contributed by atoms with E-state index in [1.807, 2.05) is 36.4 Å². The van der Waals surface area contributed by atoms with Gasteiger partial charge in [-0.3, -0.25) is 4.79 Å². The molecule has 126 valence electrons. The van der Waals surface area contributed by atoms with Crippen LogP contribution in [0.3, 0.4) is 0 Å². The molecule has 4 rings (SSSR count). The number of nitrogens with zero attached hydrogens (tertiary/aromatic N) is 1. The maximum absolute atomic E-state index is 13.9. The summed E-state index contributed by atoms with van der Waals surface area (Å²) in [5, 5.41) is 3.28. The third-order valence-electron chi connectivity index (χ3n) is 4.44. The zero-order valence-electron chi connectivity index (χ0n) is 13.7. The van der Waals surface area contributed by atoms with Crippen molar-refractivity contribution >= 4 is 11.6 Å². The number of halogens is 1. The van der Waals surface area contributed by atoms with E-state index in [2.05, 4.69) is 5.32 Å². The summed E-state index contributed by atoms with van der Waals surface area (Å²) in [6, 6.07) is 16.1. The van der Waals surface area contributed by atoms with E-state index in [4.69, 9.17) is 4.42 Å². The van der Waals surface area contributed by atoms with E-state index in [1.165, 1.54) is 6.07 Å². The predicted octanol–water partition coefficient (Wildman–Crippen LogP) is 4.49. The lowest BCUT2D eigenvalue weighted by atomic mass is 10.1. The van der Waals surface area contributed by atoms with Crippen LogP contribution in [0.25, 0.3) is 0 Å². The van der Waals surface area contributed by atoms with E-state index in [1.54, 1.807) is 30.2 Å². The Morgan fingerprint density at radius 3 is 2.76 bits per heavy atom. The van der Waals surface area contributed by atoms with Crippen LogP contribution in [0, 0.1) is 12.7 Å². The highest BCUT2D eigenvalue weighted by molar-refractivity contribution is 5.99. The Kier molecular flexibility index (Phi) is 3.76. The van der Waals surface area contributed by atoms with Crippen LogP contribution >= 0.6 is 0 Å². The van der Waals surface area contributed by atoms with Crippen LogP contribution in [0.1, 0.15) is 33.4 Å². The molecule has 3 aromatic rings. The third kappa shape index (κ3) is 2.78. The Hall–Kier alpha value is -3.08. The van der Waals surface area contributed by atoms with Crippen LogP contribution in [0.15, 0.2) is 65.3 Å². The number of aryl methyl sites for hydroxylation is 1. The standard InChI is InChI=1S/C20H17FN2O2/c1-13-8-9-14(11-18(13)21)22-19-16-6-2-3-7-17(16)20(24)23(19)12-15-5-4-10-25-15/h2-11,19,22H,12H2,1H3. The molecule has 2 heterocycles. The number of benzene rings is 2. The van der Waals surface area contributed by atoms with Gasteiger partial charge in [-0.25, -0.2) is 4.39 Å². The molecule has 4 nitrogen and oxygen atoms in total. The van der Waals surface area contributed by atoms with Gasteiger partial charge in [0.25, 0.3) is 5.91 Å². The fourth-order valence-corrected chi connectivity index (χ4v) is 3.10. The number of carbonyl (C=O) groups is 1. The average Bonchev–Trinajstić information content (AvgIpc) is 3.21. The monoisotopic (exact) mass is 336 g/mol. The number of fused-ring (bicyclic) bond motifs is 1. The lowest BCUT2D eigenvalue weighted by molar-refractivity contribution is 0.0715. The first kappa shape index (κ1) is 15.4. The van der Waals surface area contributed by atoms with Gasteiger partial charge in [-0.2, -0.15) is 0 Å². The first-order chi connectivity index (χ1) is 12.1. The molecular weight excluding hydrogens is 319 g/mol. The molecule has 1 aliphatic rings. The van der Waals surface area contributed by atoms with E-state index in [0.29, 0.717) is 29.1 Å². The first-order valence-electron chi connectivity index (χ1n) is 8.08. The average molecular weight is 336 g/mol. The molecule has 0 saturated heterocycles. The van der Waals surface area contributed by atoms with Gasteiger partial charge in [0.1, 0.15) is 17.7 Å². The molecule has 0 aliphatic carbocycles. The van der Waals surface area contributed by atoms with Gasteiger partial charge in [0, 0.05) is 16.8 Å². The summed E-state index contributed by atoms with van der Waals surface area (Å²) in [4.78, 5) is 14.5. The molecule has 1 aromatic heterocycles. The van der Waals surface area contributed by atoms with E-state index in [-0.39, 0.29) is 17.9 Å². The Labute approximate surface area is 144 Å². The van der Waals surface area contributed by atoms with Crippen LogP contribution < -0.4 is 5.32 Å². The maximum atomic E-state index is 13.9. The number of anilines is 1. The Morgan fingerprint density at radius 1 is 1.16 bits per heavy atom. The molecule has 0 radical (unpaired) electrons. The van der Waals surface area contributed by atoms with Gasteiger partial charge in [-0.05, 0) is 42.8 Å². The summed E-state index contributed by atoms with van der Waals surface area (Å²) in [7, 11) is 0. The lowest BCUT2D eigenvalue weighted by Gasteiger charge is -2.26. The van der Waals surface area contributed by atoms with E-state index >= 15 is 0 Å². The van der Waals surface area contributed by atoms with Gasteiger partial charge in [-0.1, -0.05) is 24.3 Å². The minimum Gasteiger partial charge on any atom is -0.467 e. The summed E-state index contributed by atoms with van der Waals surface area (Å²) < 4.78 is 19.3. The van der Waals surface area contributed by atoms with Crippen LogP contribution in [0.5, 0.6) is 0 Å². The highest BCUT2D eigenvalue weighted by Gasteiger charge is 2.36. The predicted molar refractivity (Wildman–Crippen MR) is 92.5 cm³/mol. The van der Waals surface area contributed by atoms with Gasteiger partial charge in [-0.15, -0.1) is 0 Å². The molecule has 1 atom stereocenters. The van der Waals surface area contributed by atoms with Crippen molar-refractivity contribution in [2.75, 3.05) is 5.32 Å². The second kappa shape index (κ2) is 6.09. The van der Waals surface area contributed by atoms with Gasteiger partial charge in [0.2, 0.25) is 0 Å². The van der Waals surface area contributed by atoms with E-state index < -0.39 is 0 Å². The van der Waals surface area contributed by atoms with Gasteiger partial charge >= 0.3 is 0 Å². The summed E-state index contributed by atoms with van der Waals surface area (Å²) in [6.07, 6.45) is 1.21. The van der Waals surface area contributed by atoms with Crippen LogP contribution in [0.4, 0.5) is 10.1 Å². The second-order valence-corrected chi connectivity index (χ2v) is 6.11. The highest BCUT2D eigenvalue weighted by atomic mass is 19.1. The minimum absolute atomic E-state index is 0.0721. The molecule has 1 N–H and O–H groups in total. The Morgan fingerprint density at radius 2 is 2.00 bits per heavy atom. The molecule has 2 aromatic carbocycles. The van der Waals surface area contributed by atoms with Gasteiger partial charge < -0.3 is 14.6 Å². The van der Waals surface area contributed by atoms with Crippen molar-refractivity contribution in [3.8, 4) is 0 Å². The zero-order valence-corrected chi connectivity index (χ0v) is 13.7. The molecule has 1 unspecified atom stereocenters. The van der Waals surface area contributed by atoms with Gasteiger partial charge in [0.05, 0.1) is 12.8 Å². The number of furan rings is 1. The smallest absolute Gasteiger partial charge is 0.256 e. The summed E-state index contributed by atoms with van der Waals surface area (Å²) in [6.45, 7) is 2.06. The molecule has 5 heteroatoms. The summed E-state index contributed by atoms with van der Waals surface area (Å²) >= 11 is 0. The van der Waals surface area contributed by atoms with E-state index in [0.717, 1.165) is 5.56 Å². The fourth-order valence-electron chi connectivity index (χ4n) is 3.10. The SMILES string of the molecule is Cc1ccc(NC2c3ccccc3C(=O)N2Cc2ccco2)cc1F. The quantitative estimate of drug-likeness (QED) is 0.763. The Balaban J connectivity index is 1.70. The van der Waals surface area contributed by atoms with Crippen molar-refractivity contribution in [3.63, 3.8) is 0 Å². The van der Waals surface area contributed by atoms with Crippen LogP contribution in [-0.2, 0) is 6.54 Å². The van der Waals surface area contributed by atoms with Crippen LogP contribution in [0.2, 0.25) is 0 Å². The number of carbonyl (C=O) groups excluding carboxylic acids is 1. The Bertz CT molecular complexity index is 921. The minimum atomic E-state index is -0.379. The van der Waals surface area contributed by atoms with E-state index in [9.17, 15) is 9.18 Å². The molecule has 1 aliphatic heterocycles. The molecule has 0 saturated carbocycles. The maximum Gasteiger partial charge on any atom is 0.256 e. The van der Waals surface area contributed by atoms with Crippen molar-refractivity contribution in [1.29, 1.82) is 0 Å². The van der Waals surface area contributed by atoms with Crippen LogP contribution in [-0.4, -0.2) is 10.8 Å². The van der Waals surface area contributed by atoms with Crippen molar-refractivity contribution in [2.24, 2.45) is 0 Å². The van der Waals surface area contributed by atoms with Crippen molar-refractivity contribution in [2.45, 2.75) is 19.6 Å². The molecule has 0 spiro atoms. The number of amides is 1. The molecule has 0 fully saturated rings. The van der Waals surface area contributed by atoms with Crippen molar-refractivity contribution < 1.29 is 13.6 Å². The molecule has 1 amide bonds. The highest BCUT2D eigenvalue weighted by Crippen LogP contribution is 2.35.